The topological polar surface area (TPSA) is 63.3 Å². The van der Waals surface area contributed by atoms with E-state index in [-0.39, 0.29) is 24.0 Å². The average Bonchev–Trinajstić information content (AvgIpc) is 3.46. The highest BCUT2D eigenvalue weighted by atomic mass is 127. The highest BCUT2D eigenvalue weighted by Gasteiger charge is 2.26. The van der Waals surface area contributed by atoms with Gasteiger partial charge in [0.25, 0.3) is 0 Å². The molecule has 1 aliphatic rings. The Morgan fingerprint density at radius 1 is 1.17 bits per heavy atom. The summed E-state index contributed by atoms with van der Waals surface area (Å²) in [7, 11) is 1.97. The minimum absolute atomic E-state index is 0. The van der Waals surface area contributed by atoms with Gasteiger partial charge in [-0.05, 0) is 31.0 Å². The van der Waals surface area contributed by atoms with E-state index >= 15 is 0 Å². The van der Waals surface area contributed by atoms with Gasteiger partial charge >= 0.3 is 0 Å². The molecule has 2 aromatic heterocycles. The van der Waals surface area contributed by atoms with Gasteiger partial charge < -0.3 is 10.2 Å². The average molecular weight is 505 g/mol. The number of halogens is 1. The molecular weight excluding hydrogens is 477 g/mol. The van der Waals surface area contributed by atoms with Gasteiger partial charge in [-0.3, -0.25) is 4.68 Å². The summed E-state index contributed by atoms with van der Waals surface area (Å²) in [5.74, 6) is 1.49. The van der Waals surface area contributed by atoms with Crippen molar-refractivity contribution >= 4 is 29.9 Å². The summed E-state index contributed by atoms with van der Waals surface area (Å²) >= 11 is 0. The molecule has 8 heteroatoms. The van der Waals surface area contributed by atoms with Crippen LogP contribution in [0.4, 0.5) is 0 Å². The van der Waals surface area contributed by atoms with Gasteiger partial charge in [0, 0.05) is 50.6 Å². The predicted octanol–water partition coefficient (Wildman–Crippen LogP) is 3.18. The molecular formula is C21H28IN7. The van der Waals surface area contributed by atoms with E-state index in [1.54, 1.807) is 0 Å². The number of likely N-dealkylation sites (tertiary alicyclic amines) is 1. The Hall–Kier alpha value is -2.36. The van der Waals surface area contributed by atoms with Crippen molar-refractivity contribution in [3.8, 4) is 5.69 Å². The zero-order valence-corrected chi connectivity index (χ0v) is 19.2. The number of para-hydroxylation sites is 1. The van der Waals surface area contributed by atoms with E-state index in [1.807, 2.05) is 65.3 Å². The summed E-state index contributed by atoms with van der Waals surface area (Å²) < 4.78 is 3.77. The third kappa shape index (κ3) is 5.17. The molecule has 29 heavy (non-hydrogen) atoms. The molecule has 0 spiro atoms. The van der Waals surface area contributed by atoms with Crippen LogP contribution in [0.1, 0.15) is 30.4 Å². The van der Waals surface area contributed by atoms with Crippen LogP contribution in [0.3, 0.4) is 0 Å². The smallest absolute Gasteiger partial charge is 0.194 e. The minimum Gasteiger partial charge on any atom is -0.357 e. The fraction of sp³-hybridized carbons (Fsp3) is 0.381. The Morgan fingerprint density at radius 3 is 2.72 bits per heavy atom. The van der Waals surface area contributed by atoms with Crippen LogP contribution < -0.4 is 5.32 Å². The molecule has 1 aromatic carbocycles. The van der Waals surface area contributed by atoms with Gasteiger partial charge in [0.15, 0.2) is 5.96 Å². The van der Waals surface area contributed by atoms with E-state index < -0.39 is 0 Å². The second-order valence-corrected chi connectivity index (χ2v) is 7.18. The molecule has 3 aromatic rings. The van der Waals surface area contributed by atoms with Gasteiger partial charge in [0.1, 0.15) is 0 Å². The predicted molar refractivity (Wildman–Crippen MR) is 126 cm³/mol. The highest BCUT2D eigenvalue weighted by molar-refractivity contribution is 14.0. The zero-order chi connectivity index (χ0) is 19.3. The lowest BCUT2D eigenvalue weighted by Crippen LogP contribution is -2.39. The summed E-state index contributed by atoms with van der Waals surface area (Å²) in [6.45, 7) is 5.56. The van der Waals surface area contributed by atoms with Crippen molar-refractivity contribution in [2.75, 3.05) is 19.6 Å². The number of aliphatic imine (C=N–C) groups is 1. The molecule has 1 fully saturated rings. The fourth-order valence-corrected chi connectivity index (χ4v) is 3.63. The van der Waals surface area contributed by atoms with Crippen LogP contribution in [-0.4, -0.2) is 50.1 Å². The number of nitrogens with one attached hydrogen (secondary N) is 1. The van der Waals surface area contributed by atoms with Crippen molar-refractivity contribution < 1.29 is 0 Å². The Balaban J connectivity index is 0.00000240. The minimum atomic E-state index is 0. The number of aromatic nitrogens is 4. The van der Waals surface area contributed by atoms with Crippen LogP contribution in [0.5, 0.6) is 0 Å². The summed E-state index contributed by atoms with van der Waals surface area (Å²) in [6.07, 6.45) is 9.17. The first kappa shape index (κ1) is 21.4. The maximum absolute atomic E-state index is 4.86. The second kappa shape index (κ2) is 9.91. The summed E-state index contributed by atoms with van der Waals surface area (Å²) in [5, 5.41) is 12.2. The van der Waals surface area contributed by atoms with Crippen molar-refractivity contribution in [2.24, 2.45) is 12.0 Å². The van der Waals surface area contributed by atoms with E-state index in [9.17, 15) is 0 Å². The van der Waals surface area contributed by atoms with Crippen LogP contribution in [0.25, 0.3) is 5.69 Å². The molecule has 0 radical (unpaired) electrons. The largest absolute Gasteiger partial charge is 0.357 e. The number of benzene rings is 1. The number of rotatable bonds is 5. The number of aryl methyl sites for hydroxylation is 1. The summed E-state index contributed by atoms with van der Waals surface area (Å²) in [6, 6.07) is 10.1. The molecule has 0 bridgehead atoms. The molecule has 4 rings (SSSR count). The van der Waals surface area contributed by atoms with Crippen LogP contribution in [0.15, 0.2) is 60.1 Å². The molecule has 0 saturated carbocycles. The monoisotopic (exact) mass is 505 g/mol. The maximum Gasteiger partial charge on any atom is 0.194 e. The van der Waals surface area contributed by atoms with E-state index in [0.717, 1.165) is 43.3 Å². The van der Waals surface area contributed by atoms with E-state index in [4.69, 9.17) is 4.99 Å². The third-order valence-electron chi connectivity index (χ3n) is 5.09. The summed E-state index contributed by atoms with van der Waals surface area (Å²) in [5.41, 5.74) is 3.47. The van der Waals surface area contributed by atoms with Gasteiger partial charge in [-0.25, -0.2) is 9.67 Å². The molecule has 154 valence electrons. The van der Waals surface area contributed by atoms with Crippen molar-refractivity contribution in [3.05, 3.63) is 66.2 Å². The van der Waals surface area contributed by atoms with Crippen LogP contribution in [0, 0.1) is 0 Å². The molecule has 7 nitrogen and oxygen atoms in total. The molecule has 1 aliphatic heterocycles. The van der Waals surface area contributed by atoms with Crippen molar-refractivity contribution in [1.82, 2.24) is 29.8 Å². The number of guanidine groups is 1. The van der Waals surface area contributed by atoms with Crippen LogP contribution in [0.2, 0.25) is 0 Å². The molecule has 1 saturated heterocycles. The Morgan fingerprint density at radius 2 is 2.00 bits per heavy atom. The number of hydrogen-bond acceptors (Lipinski definition) is 3. The Labute approximate surface area is 188 Å². The van der Waals surface area contributed by atoms with E-state index in [0.29, 0.717) is 12.5 Å². The standard InChI is InChI=1S/C21H27N7.HI/c1-3-22-21(27-10-9-18(16-27)19-13-24-26(2)15-19)23-11-17-12-25-28(14-17)20-7-5-4-6-8-20;/h4-8,12-15,18H,3,9-11,16H2,1-2H3,(H,22,23);1H. The fourth-order valence-electron chi connectivity index (χ4n) is 3.63. The number of hydrogen-bond donors (Lipinski definition) is 1. The van der Waals surface area contributed by atoms with Gasteiger partial charge in [-0.1, -0.05) is 18.2 Å². The van der Waals surface area contributed by atoms with Gasteiger partial charge in [0.05, 0.1) is 24.6 Å². The Bertz CT molecular complexity index is 931. The summed E-state index contributed by atoms with van der Waals surface area (Å²) in [4.78, 5) is 7.21. The molecule has 0 aliphatic carbocycles. The van der Waals surface area contributed by atoms with Crippen LogP contribution in [-0.2, 0) is 13.6 Å². The van der Waals surface area contributed by atoms with Gasteiger partial charge in [0.2, 0.25) is 0 Å². The third-order valence-corrected chi connectivity index (χ3v) is 5.09. The van der Waals surface area contributed by atoms with E-state index in [1.165, 1.54) is 5.56 Å². The molecule has 1 N–H and O–H groups in total. The maximum atomic E-state index is 4.86. The Kier molecular flexibility index (Phi) is 7.29. The molecule has 1 unspecified atom stereocenters. The molecule has 3 heterocycles. The van der Waals surface area contributed by atoms with E-state index in [2.05, 4.69) is 33.5 Å². The lowest BCUT2D eigenvalue weighted by Gasteiger charge is -2.21. The second-order valence-electron chi connectivity index (χ2n) is 7.18. The lowest BCUT2D eigenvalue weighted by molar-refractivity contribution is 0.486. The zero-order valence-electron chi connectivity index (χ0n) is 16.9. The van der Waals surface area contributed by atoms with Gasteiger partial charge in [-0.2, -0.15) is 10.2 Å². The number of nitrogens with zero attached hydrogens (tertiary/aromatic N) is 6. The quantitative estimate of drug-likeness (QED) is 0.329. The lowest BCUT2D eigenvalue weighted by atomic mass is 10.0. The first-order chi connectivity index (χ1) is 13.7. The first-order valence-corrected chi connectivity index (χ1v) is 9.83. The van der Waals surface area contributed by atoms with Crippen molar-refractivity contribution in [1.29, 1.82) is 0 Å². The first-order valence-electron chi connectivity index (χ1n) is 9.83. The normalized spacial score (nSPS) is 16.7. The SMILES string of the molecule is CCNC(=NCc1cnn(-c2ccccc2)c1)N1CCC(c2cnn(C)c2)C1.I. The van der Waals surface area contributed by atoms with Crippen molar-refractivity contribution in [2.45, 2.75) is 25.8 Å². The van der Waals surface area contributed by atoms with Crippen LogP contribution >= 0.6 is 24.0 Å². The molecule has 1 atom stereocenters. The highest BCUT2D eigenvalue weighted by Crippen LogP contribution is 2.26. The van der Waals surface area contributed by atoms with Crippen molar-refractivity contribution in [3.63, 3.8) is 0 Å². The van der Waals surface area contributed by atoms with Gasteiger partial charge in [-0.15, -0.1) is 24.0 Å². The molecule has 0 amide bonds.